The number of hydrogen-bond acceptors (Lipinski definition) is 5. The third kappa shape index (κ3) is 4.02. The van der Waals surface area contributed by atoms with Crippen molar-refractivity contribution in [3.8, 4) is 0 Å². The Bertz CT molecular complexity index is 739. The lowest BCUT2D eigenvalue weighted by Gasteiger charge is -2.31. The molecule has 0 aromatic heterocycles. The van der Waals surface area contributed by atoms with Crippen LogP contribution in [-0.2, 0) is 14.8 Å². The molecule has 3 rings (SSSR count). The van der Waals surface area contributed by atoms with Gasteiger partial charge in [-0.15, -0.1) is 0 Å². The predicted molar refractivity (Wildman–Crippen MR) is 100 cm³/mol. The predicted octanol–water partition coefficient (Wildman–Crippen LogP) is 1.45. The van der Waals surface area contributed by atoms with E-state index in [1.165, 1.54) is 16.8 Å². The maximum atomic E-state index is 12.9. The van der Waals surface area contributed by atoms with Gasteiger partial charge in [0.1, 0.15) is 0 Å². The van der Waals surface area contributed by atoms with Gasteiger partial charge in [0, 0.05) is 38.4 Å². The van der Waals surface area contributed by atoms with Crippen molar-refractivity contribution < 1.29 is 17.9 Å². The van der Waals surface area contributed by atoms with Crippen LogP contribution >= 0.6 is 0 Å². The maximum absolute atomic E-state index is 12.9. The molecule has 1 amide bonds. The van der Waals surface area contributed by atoms with Crippen molar-refractivity contribution in [2.24, 2.45) is 0 Å². The van der Waals surface area contributed by atoms with Crippen LogP contribution in [0.1, 0.15) is 36.5 Å². The Morgan fingerprint density at radius 3 is 2.46 bits per heavy atom. The highest BCUT2D eigenvalue weighted by atomic mass is 32.2. The first kappa shape index (κ1) is 19.1. The summed E-state index contributed by atoms with van der Waals surface area (Å²) >= 11 is 0. The molecule has 7 nitrogen and oxygen atoms in total. The number of ether oxygens (including phenoxy) is 1. The molecule has 2 heterocycles. The molecule has 1 aromatic rings. The van der Waals surface area contributed by atoms with Crippen LogP contribution in [0.15, 0.2) is 23.1 Å². The Labute approximate surface area is 155 Å². The lowest BCUT2D eigenvalue weighted by atomic mass is 10.1. The highest BCUT2D eigenvalue weighted by molar-refractivity contribution is 7.89. The van der Waals surface area contributed by atoms with E-state index >= 15 is 0 Å². The SMILES string of the molecule is CCNC(=O)c1cc(S(=O)(=O)N2CCOCC2)ccc1N1CCCCC1. The summed E-state index contributed by atoms with van der Waals surface area (Å²) in [6, 6.07) is 4.93. The van der Waals surface area contributed by atoms with Gasteiger partial charge in [0.2, 0.25) is 10.0 Å². The van der Waals surface area contributed by atoms with E-state index in [0.29, 0.717) is 38.4 Å². The number of sulfonamides is 1. The van der Waals surface area contributed by atoms with Gasteiger partial charge in [-0.05, 0) is 44.4 Å². The van der Waals surface area contributed by atoms with Gasteiger partial charge < -0.3 is 15.0 Å². The van der Waals surface area contributed by atoms with Gasteiger partial charge in [0.25, 0.3) is 5.91 Å². The Hall–Kier alpha value is -1.64. The van der Waals surface area contributed by atoms with Gasteiger partial charge in [0.05, 0.1) is 23.7 Å². The fraction of sp³-hybridized carbons (Fsp3) is 0.611. The minimum Gasteiger partial charge on any atom is -0.379 e. The fourth-order valence-electron chi connectivity index (χ4n) is 3.46. The van der Waals surface area contributed by atoms with E-state index in [1.54, 1.807) is 12.1 Å². The van der Waals surface area contributed by atoms with Crippen LogP contribution in [0.3, 0.4) is 0 Å². The second-order valence-corrected chi connectivity index (χ2v) is 8.54. The van der Waals surface area contributed by atoms with Crippen LogP contribution in [-0.4, -0.2) is 64.6 Å². The normalized spacial score (nSPS) is 19.3. The van der Waals surface area contributed by atoms with E-state index in [1.807, 2.05) is 6.92 Å². The van der Waals surface area contributed by atoms with Crippen LogP contribution < -0.4 is 10.2 Å². The maximum Gasteiger partial charge on any atom is 0.253 e. The minimum atomic E-state index is -3.63. The number of morpholine rings is 1. The molecule has 1 N–H and O–H groups in total. The average Bonchev–Trinajstić information content (AvgIpc) is 2.69. The van der Waals surface area contributed by atoms with Gasteiger partial charge in [-0.3, -0.25) is 4.79 Å². The van der Waals surface area contributed by atoms with Crippen molar-refractivity contribution in [1.29, 1.82) is 0 Å². The fourth-order valence-corrected chi connectivity index (χ4v) is 4.89. The lowest BCUT2D eigenvalue weighted by molar-refractivity contribution is 0.0730. The monoisotopic (exact) mass is 381 g/mol. The molecule has 0 radical (unpaired) electrons. The second kappa shape index (κ2) is 8.37. The van der Waals surface area contributed by atoms with Crippen molar-refractivity contribution in [2.75, 3.05) is 50.8 Å². The van der Waals surface area contributed by atoms with Gasteiger partial charge >= 0.3 is 0 Å². The molecule has 0 saturated carbocycles. The van der Waals surface area contributed by atoms with Gasteiger partial charge in [0.15, 0.2) is 0 Å². The number of carbonyl (C=O) groups excluding carboxylic acids is 1. The molecule has 0 spiro atoms. The molecule has 2 aliphatic heterocycles. The Morgan fingerprint density at radius 2 is 1.81 bits per heavy atom. The number of piperidine rings is 1. The van der Waals surface area contributed by atoms with E-state index in [4.69, 9.17) is 4.74 Å². The molecular weight excluding hydrogens is 354 g/mol. The molecule has 144 valence electrons. The van der Waals surface area contributed by atoms with Crippen LogP contribution in [0.25, 0.3) is 0 Å². The standard InChI is InChI=1S/C18H27N3O4S/c1-2-19-18(22)16-14-15(26(23,24)21-10-12-25-13-11-21)6-7-17(16)20-8-4-3-5-9-20/h6-7,14H,2-5,8-13H2,1H3,(H,19,22). The Kier molecular flexibility index (Phi) is 6.16. The molecule has 0 unspecified atom stereocenters. The highest BCUT2D eigenvalue weighted by Gasteiger charge is 2.28. The van der Waals surface area contributed by atoms with Crippen LogP contribution in [0.4, 0.5) is 5.69 Å². The first-order valence-electron chi connectivity index (χ1n) is 9.29. The molecule has 26 heavy (non-hydrogen) atoms. The largest absolute Gasteiger partial charge is 0.379 e. The zero-order valence-electron chi connectivity index (χ0n) is 15.2. The first-order chi connectivity index (χ1) is 12.5. The van der Waals surface area contributed by atoms with Crippen LogP contribution in [0.2, 0.25) is 0 Å². The van der Waals surface area contributed by atoms with Crippen LogP contribution in [0.5, 0.6) is 0 Å². The lowest BCUT2D eigenvalue weighted by Crippen LogP contribution is -2.40. The molecular formula is C18H27N3O4S. The molecule has 0 bridgehead atoms. The number of carbonyl (C=O) groups is 1. The number of amides is 1. The van der Waals surface area contributed by atoms with E-state index in [-0.39, 0.29) is 10.8 Å². The number of hydrogen-bond donors (Lipinski definition) is 1. The molecule has 0 aliphatic carbocycles. The van der Waals surface area contributed by atoms with Gasteiger partial charge in [-0.1, -0.05) is 0 Å². The van der Waals surface area contributed by atoms with Crippen molar-refractivity contribution in [3.05, 3.63) is 23.8 Å². The Morgan fingerprint density at radius 1 is 1.12 bits per heavy atom. The number of benzene rings is 1. The highest BCUT2D eigenvalue weighted by Crippen LogP contribution is 2.28. The zero-order chi connectivity index (χ0) is 18.6. The Balaban J connectivity index is 1.97. The van der Waals surface area contributed by atoms with Crippen molar-refractivity contribution in [2.45, 2.75) is 31.1 Å². The number of rotatable bonds is 5. The topological polar surface area (TPSA) is 79.0 Å². The van der Waals surface area contributed by atoms with E-state index in [0.717, 1.165) is 31.6 Å². The number of nitrogens with zero attached hydrogens (tertiary/aromatic N) is 2. The first-order valence-corrected chi connectivity index (χ1v) is 10.7. The second-order valence-electron chi connectivity index (χ2n) is 6.60. The van der Waals surface area contributed by atoms with E-state index < -0.39 is 10.0 Å². The quantitative estimate of drug-likeness (QED) is 0.835. The molecule has 1 aromatic carbocycles. The van der Waals surface area contributed by atoms with Gasteiger partial charge in [-0.2, -0.15) is 4.31 Å². The summed E-state index contributed by atoms with van der Waals surface area (Å²) in [5.41, 5.74) is 1.25. The smallest absolute Gasteiger partial charge is 0.253 e. The molecule has 2 fully saturated rings. The zero-order valence-corrected chi connectivity index (χ0v) is 16.1. The molecule has 0 atom stereocenters. The molecule has 8 heteroatoms. The summed E-state index contributed by atoms with van der Waals surface area (Å²) in [7, 11) is -3.63. The average molecular weight is 381 g/mol. The third-order valence-corrected chi connectivity index (χ3v) is 6.75. The number of anilines is 1. The van der Waals surface area contributed by atoms with Gasteiger partial charge in [-0.25, -0.2) is 8.42 Å². The molecule has 2 aliphatic rings. The summed E-state index contributed by atoms with van der Waals surface area (Å²) in [6.07, 6.45) is 3.36. The summed E-state index contributed by atoms with van der Waals surface area (Å²) < 4.78 is 32.5. The summed E-state index contributed by atoms with van der Waals surface area (Å²) in [5.74, 6) is -0.230. The van der Waals surface area contributed by atoms with E-state index in [2.05, 4.69) is 10.2 Å². The summed E-state index contributed by atoms with van der Waals surface area (Å²) in [4.78, 5) is 14.9. The summed E-state index contributed by atoms with van der Waals surface area (Å²) in [6.45, 7) is 5.61. The summed E-state index contributed by atoms with van der Waals surface area (Å²) in [5, 5.41) is 2.81. The third-order valence-electron chi connectivity index (χ3n) is 4.85. The van der Waals surface area contributed by atoms with E-state index in [9.17, 15) is 13.2 Å². The molecule has 2 saturated heterocycles. The van der Waals surface area contributed by atoms with Crippen molar-refractivity contribution in [1.82, 2.24) is 9.62 Å². The van der Waals surface area contributed by atoms with Crippen molar-refractivity contribution >= 4 is 21.6 Å². The minimum absolute atomic E-state index is 0.168. The van der Waals surface area contributed by atoms with Crippen LogP contribution in [0, 0.1) is 0 Å². The number of nitrogens with one attached hydrogen (secondary N) is 1. The van der Waals surface area contributed by atoms with Crippen molar-refractivity contribution in [3.63, 3.8) is 0 Å².